The van der Waals surface area contributed by atoms with Crippen LogP contribution in [-0.4, -0.2) is 58.2 Å². The average molecular weight is 366 g/mol. The quantitative estimate of drug-likeness (QED) is 0.724. The average Bonchev–Trinajstić information content (AvgIpc) is 3.05. The third kappa shape index (κ3) is 3.93. The minimum atomic E-state index is 0.505. The molecule has 27 heavy (non-hydrogen) atoms. The van der Waals surface area contributed by atoms with Crippen molar-refractivity contribution in [3.05, 3.63) is 41.7 Å². The summed E-state index contributed by atoms with van der Waals surface area (Å²) >= 11 is 0. The molecule has 0 atom stereocenters. The lowest BCUT2D eigenvalue weighted by Crippen LogP contribution is -3.12. The van der Waals surface area contributed by atoms with E-state index in [0.29, 0.717) is 12.5 Å². The normalized spacial score (nSPS) is 15.8. The van der Waals surface area contributed by atoms with Crippen molar-refractivity contribution in [1.82, 2.24) is 25.0 Å². The first-order valence-corrected chi connectivity index (χ1v) is 9.80. The molecule has 1 N–H and O–H groups in total. The Bertz CT molecular complexity index is 895. The summed E-state index contributed by atoms with van der Waals surface area (Å²) in [6.07, 6.45) is 0.860. The summed E-state index contributed by atoms with van der Waals surface area (Å²) in [5.74, 6) is 2.34. The molecule has 3 heterocycles. The molecule has 1 saturated heterocycles. The molecule has 3 aromatic rings. The van der Waals surface area contributed by atoms with Crippen LogP contribution < -0.4 is 9.80 Å². The molecule has 0 radical (unpaired) electrons. The van der Waals surface area contributed by atoms with Crippen molar-refractivity contribution < 1.29 is 4.90 Å². The summed E-state index contributed by atoms with van der Waals surface area (Å²) in [5, 5.41) is 8.88. The number of hydrogen-bond donors (Lipinski definition) is 1. The van der Waals surface area contributed by atoms with Crippen LogP contribution in [0.3, 0.4) is 0 Å². The molecule has 0 unspecified atom stereocenters. The molecule has 0 saturated carbocycles. The van der Waals surface area contributed by atoms with Gasteiger partial charge in [0.1, 0.15) is 5.82 Å². The maximum Gasteiger partial charge on any atom is 0.184 e. The number of anilines is 1. The van der Waals surface area contributed by atoms with Crippen LogP contribution >= 0.6 is 0 Å². The number of likely N-dealkylation sites (N-methyl/N-ethyl adjacent to an activating group) is 1. The van der Waals surface area contributed by atoms with Gasteiger partial charge in [0, 0.05) is 6.42 Å². The smallest absolute Gasteiger partial charge is 0.184 e. The summed E-state index contributed by atoms with van der Waals surface area (Å²) in [4.78, 5) is 13.6. The number of benzene rings is 1. The van der Waals surface area contributed by atoms with Crippen LogP contribution in [0.2, 0.25) is 0 Å². The van der Waals surface area contributed by atoms with Gasteiger partial charge in [0.2, 0.25) is 0 Å². The number of piperazine rings is 1. The molecule has 1 fully saturated rings. The van der Waals surface area contributed by atoms with Crippen LogP contribution in [-0.2, 0) is 13.0 Å². The Balaban J connectivity index is 1.75. The Morgan fingerprint density at radius 1 is 1.07 bits per heavy atom. The largest absolute Gasteiger partial charge is 0.343 e. The zero-order chi connectivity index (χ0) is 18.8. The van der Waals surface area contributed by atoms with Gasteiger partial charge < -0.3 is 9.80 Å². The van der Waals surface area contributed by atoms with E-state index >= 15 is 0 Å². The van der Waals surface area contributed by atoms with E-state index in [0.717, 1.165) is 55.4 Å². The molecule has 142 valence electrons. The lowest BCUT2D eigenvalue weighted by atomic mass is 10.1. The molecule has 7 nitrogen and oxygen atoms in total. The van der Waals surface area contributed by atoms with Gasteiger partial charge in [0.15, 0.2) is 17.0 Å². The summed E-state index contributed by atoms with van der Waals surface area (Å²) < 4.78 is 1.90. The van der Waals surface area contributed by atoms with Crippen molar-refractivity contribution in [3.63, 3.8) is 0 Å². The molecule has 0 aliphatic carbocycles. The number of nitrogens with zero attached hydrogens (tertiary/aromatic N) is 6. The van der Waals surface area contributed by atoms with Crippen molar-refractivity contribution >= 4 is 17.0 Å². The van der Waals surface area contributed by atoms with Crippen LogP contribution in [0.1, 0.15) is 25.2 Å². The predicted molar refractivity (Wildman–Crippen MR) is 106 cm³/mol. The zero-order valence-electron chi connectivity index (χ0n) is 16.4. The highest BCUT2D eigenvalue weighted by molar-refractivity contribution is 5.83. The van der Waals surface area contributed by atoms with E-state index in [-0.39, 0.29) is 0 Å². The maximum atomic E-state index is 4.90. The lowest BCUT2D eigenvalue weighted by molar-refractivity contribution is -0.880. The fourth-order valence-corrected chi connectivity index (χ4v) is 3.53. The lowest BCUT2D eigenvalue weighted by Gasteiger charge is -2.31. The molecule has 0 spiro atoms. The zero-order valence-corrected chi connectivity index (χ0v) is 16.4. The molecule has 1 aliphatic rings. The first-order valence-electron chi connectivity index (χ1n) is 9.80. The third-order valence-electron chi connectivity index (χ3n) is 5.07. The molecular formula is C20H28N7+. The SMILES string of the molecule is CC(C)Cc1nc(N2CC[NH+](C)CC2)c2nnn(Cc3ccccc3)c2n1. The van der Waals surface area contributed by atoms with Crippen LogP contribution in [0.4, 0.5) is 5.82 Å². The van der Waals surface area contributed by atoms with Crippen LogP contribution in [0, 0.1) is 5.92 Å². The second-order valence-electron chi connectivity index (χ2n) is 7.91. The van der Waals surface area contributed by atoms with Gasteiger partial charge in [-0.15, -0.1) is 5.10 Å². The number of nitrogens with one attached hydrogen (secondary N) is 1. The topological polar surface area (TPSA) is 64.2 Å². The van der Waals surface area contributed by atoms with Gasteiger partial charge in [-0.1, -0.05) is 49.4 Å². The molecule has 1 aliphatic heterocycles. The third-order valence-corrected chi connectivity index (χ3v) is 5.07. The number of quaternary nitrogens is 1. The molecule has 2 aromatic heterocycles. The highest BCUT2D eigenvalue weighted by atomic mass is 15.5. The van der Waals surface area contributed by atoms with E-state index < -0.39 is 0 Å². The fraction of sp³-hybridized carbons (Fsp3) is 0.500. The van der Waals surface area contributed by atoms with Gasteiger partial charge in [-0.2, -0.15) is 0 Å². The van der Waals surface area contributed by atoms with Crippen LogP contribution in [0.15, 0.2) is 30.3 Å². The van der Waals surface area contributed by atoms with Crippen molar-refractivity contribution in [1.29, 1.82) is 0 Å². The predicted octanol–water partition coefficient (Wildman–Crippen LogP) is 0.803. The van der Waals surface area contributed by atoms with Crippen LogP contribution in [0.5, 0.6) is 0 Å². The second-order valence-corrected chi connectivity index (χ2v) is 7.91. The molecule has 0 bridgehead atoms. The summed E-state index contributed by atoms with van der Waals surface area (Å²) in [7, 11) is 2.24. The number of hydrogen-bond acceptors (Lipinski definition) is 5. The Labute approximate surface area is 160 Å². The van der Waals surface area contributed by atoms with Crippen molar-refractivity contribution in [2.75, 3.05) is 38.1 Å². The summed E-state index contributed by atoms with van der Waals surface area (Å²) in [6, 6.07) is 10.3. The Morgan fingerprint density at radius 3 is 2.52 bits per heavy atom. The van der Waals surface area contributed by atoms with Gasteiger partial charge >= 0.3 is 0 Å². The first kappa shape index (κ1) is 17.9. The standard InChI is InChI=1S/C20H27N7/c1-15(2)13-17-21-19(26-11-9-25(3)10-12-26)18-20(22-17)27(24-23-18)14-16-7-5-4-6-8-16/h4-8,15H,9-14H2,1-3H3/p+1. The molecule has 4 rings (SSSR count). The fourth-order valence-electron chi connectivity index (χ4n) is 3.53. The Hall–Kier alpha value is -2.54. The van der Waals surface area contributed by atoms with Crippen molar-refractivity contribution in [3.8, 4) is 0 Å². The van der Waals surface area contributed by atoms with Gasteiger partial charge in [0.25, 0.3) is 0 Å². The number of fused-ring (bicyclic) bond motifs is 1. The van der Waals surface area contributed by atoms with Gasteiger partial charge in [-0.25, -0.2) is 14.6 Å². The highest BCUT2D eigenvalue weighted by Crippen LogP contribution is 2.23. The first-order chi connectivity index (χ1) is 13.1. The highest BCUT2D eigenvalue weighted by Gasteiger charge is 2.24. The Morgan fingerprint density at radius 2 is 1.81 bits per heavy atom. The number of aromatic nitrogens is 5. The van der Waals surface area contributed by atoms with E-state index in [2.05, 4.69) is 48.2 Å². The molecule has 7 heteroatoms. The molecule has 0 amide bonds. The van der Waals surface area contributed by atoms with Gasteiger partial charge in [0.05, 0.1) is 39.8 Å². The van der Waals surface area contributed by atoms with Crippen molar-refractivity contribution in [2.45, 2.75) is 26.8 Å². The van der Waals surface area contributed by atoms with E-state index in [1.54, 1.807) is 4.90 Å². The van der Waals surface area contributed by atoms with E-state index in [9.17, 15) is 0 Å². The maximum absolute atomic E-state index is 4.90. The van der Waals surface area contributed by atoms with E-state index in [4.69, 9.17) is 9.97 Å². The molecular weight excluding hydrogens is 338 g/mol. The monoisotopic (exact) mass is 366 g/mol. The molecule has 1 aromatic carbocycles. The van der Waals surface area contributed by atoms with Gasteiger partial charge in [-0.05, 0) is 11.5 Å². The summed E-state index contributed by atoms with van der Waals surface area (Å²) in [5.41, 5.74) is 2.85. The van der Waals surface area contributed by atoms with E-state index in [1.165, 1.54) is 5.56 Å². The minimum absolute atomic E-state index is 0.505. The number of rotatable bonds is 5. The van der Waals surface area contributed by atoms with Gasteiger partial charge in [-0.3, -0.25) is 0 Å². The second kappa shape index (κ2) is 7.60. The minimum Gasteiger partial charge on any atom is -0.343 e. The van der Waals surface area contributed by atoms with E-state index in [1.807, 2.05) is 22.9 Å². The summed E-state index contributed by atoms with van der Waals surface area (Å²) in [6.45, 7) is 9.28. The van der Waals surface area contributed by atoms with Crippen LogP contribution in [0.25, 0.3) is 11.2 Å². The van der Waals surface area contributed by atoms with Crippen molar-refractivity contribution in [2.24, 2.45) is 5.92 Å². The Kier molecular flexibility index (Phi) is 5.03.